The molecule has 0 aliphatic carbocycles. The number of halogens is 1. The van der Waals surface area contributed by atoms with Gasteiger partial charge in [-0.1, -0.05) is 0 Å². The normalized spacial score (nSPS) is 14.2. The number of likely N-dealkylation sites (tertiary alicyclic amines) is 1. The first-order valence-electron chi connectivity index (χ1n) is 9.07. The van der Waals surface area contributed by atoms with E-state index in [1.165, 1.54) is 35.0 Å². The zero-order valence-electron chi connectivity index (χ0n) is 15.7. The number of amides is 1. The van der Waals surface area contributed by atoms with Gasteiger partial charge in [-0.25, -0.2) is 13.8 Å². The topological polar surface area (TPSA) is 73.0 Å². The Morgan fingerprint density at radius 3 is 2.46 bits per heavy atom. The number of hydrogen-bond acceptors (Lipinski definition) is 4. The molecule has 1 saturated heterocycles. The molecule has 0 saturated carbocycles. The van der Waals surface area contributed by atoms with Crippen molar-refractivity contribution in [3.8, 4) is 5.82 Å². The van der Waals surface area contributed by atoms with Crippen LogP contribution < -0.4 is 5.56 Å². The number of benzene rings is 1. The fourth-order valence-corrected chi connectivity index (χ4v) is 3.41. The molecule has 0 spiro atoms. The molecule has 0 unspecified atom stereocenters. The SMILES string of the molecule is Cc1cc(C)n(-c2ccc(=O)n(CC3CN(C(=O)c4ccc(F)cc4)C3)n2)n1. The maximum Gasteiger partial charge on any atom is 0.266 e. The average molecular weight is 381 g/mol. The van der Waals surface area contributed by atoms with E-state index in [0.717, 1.165) is 11.4 Å². The molecule has 7 nitrogen and oxygen atoms in total. The molecule has 3 heterocycles. The van der Waals surface area contributed by atoms with Gasteiger partial charge in [0.05, 0.1) is 12.2 Å². The highest BCUT2D eigenvalue weighted by Gasteiger charge is 2.31. The summed E-state index contributed by atoms with van der Waals surface area (Å²) in [4.78, 5) is 26.3. The Hall–Kier alpha value is -3.29. The highest BCUT2D eigenvalue weighted by molar-refractivity contribution is 5.94. The summed E-state index contributed by atoms with van der Waals surface area (Å²) in [5.74, 6) is 0.230. The van der Waals surface area contributed by atoms with Crippen LogP contribution in [-0.2, 0) is 6.54 Å². The van der Waals surface area contributed by atoms with Gasteiger partial charge in [-0.2, -0.15) is 5.10 Å². The average Bonchev–Trinajstić information content (AvgIpc) is 2.97. The van der Waals surface area contributed by atoms with Crippen LogP contribution in [0.4, 0.5) is 4.39 Å². The van der Waals surface area contributed by atoms with Gasteiger partial charge in [0.1, 0.15) is 5.82 Å². The molecule has 0 atom stereocenters. The molecule has 1 fully saturated rings. The second-order valence-electron chi connectivity index (χ2n) is 7.13. The lowest BCUT2D eigenvalue weighted by molar-refractivity contribution is 0.0458. The molecule has 0 bridgehead atoms. The van der Waals surface area contributed by atoms with Gasteiger partial charge in [0, 0.05) is 36.3 Å². The zero-order chi connectivity index (χ0) is 19.8. The summed E-state index contributed by atoms with van der Waals surface area (Å²) in [5.41, 5.74) is 2.09. The van der Waals surface area contributed by atoms with Crippen molar-refractivity contribution < 1.29 is 9.18 Å². The first-order chi connectivity index (χ1) is 13.4. The predicted molar refractivity (Wildman–Crippen MR) is 101 cm³/mol. The van der Waals surface area contributed by atoms with Crippen molar-refractivity contribution in [2.24, 2.45) is 5.92 Å². The third kappa shape index (κ3) is 3.45. The van der Waals surface area contributed by atoms with E-state index in [2.05, 4.69) is 10.2 Å². The molecular weight excluding hydrogens is 361 g/mol. The summed E-state index contributed by atoms with van der Waals surface area (Å²) < 4.78 is 16.1. The van der Waals surface area contributed by atoms with Gasteiger partial charge in [0.25, 0.3) is 11.5 Å². The Kier molecular flexibility index (Phi) is 4.54. The number of carbonyl (C=O) groups excluding carboxylic acids is 1. The van der Waals surface area contributed by atoms with Gasteiger partial charge in [-0.3, -0.25) is 9.59 Å². The summed E-state index contributed by atoms with van der Waals surface area (Å²) in [6.07, 6.45) is 0. The van der Waals surface area contributed by atoms with E-state index >= 15 is 0 Å². The molecule has 1 aromatic carbocycles. The number of nitrogens with zero attached hydrogens (tertiary/aromatic N) is 5. The summed E-state index contributed by atoms with van der Waals surface area (Å²) in [5, 5.41) is 8.83. The van der Waals surface area contributed by atoms with E-state index in [1.807, 2.05) is 19.9 Å². The van der Waals surface area contributed by atoms with E-state index in [0.29, 0.717) is 31.0 Å². The molecule has 0 radical (unpaired) electrons. The minimum absolute atomic E-state index is 0.132. The highest BCUT2D eigenvalue weighted by Crippen LogP contribution is 2.20. The first-order valence-corrected chi connectivity index (χ1v) is 9.07. The molecule has 2 aromatic heterocycles. The van der Waals surface area contributed by atoms with E-state index in [9.17, 15) is 14.0 Å². The van der Waals surface area contributed by atoms with Crippen LogP contribution in [0.15, 0.2) is 47.3 Å². The van der Waals surface area contributed by atoms with Gasteiger partial charge in [-0.05, 0) is 50.2 Å². The molecule has 8 heteroatoms. The molecule has 1 aliphatic heterocycles. The summed E-state index contributed by atoms with van der Waals surface area (Å²) in [6.45, 7) is 5.34. The van der Waals surface area contributed by atoms with Crippen LogP contribution in [0.3, 0.4) is 0 Å². The lowest BCUT2D eigenvalue weighted by Gasteiger charge is -2.39. The van der Waals surface area contributed by atoms with E-state index in [1.54, 1.807) is 15.6 Å². The van der Waals surface area contributed by atoms with Crippen LogP contribution in [0.25, 0.3) is 5.82 Å². The largest absolute Gasteiger partial charge is 0.338 e. The van der Waals surface area contributed by atoms with Gasteiger partial charge < -0.3 is 4.90 Å². The summed E-state index contributed by atoms with van der Waals surface area (Å²) in [7, 11) is 0. The lowest BCUT2D eigenvalue weighted by atomic mass is 9.99. The molecule has 4 rings (SSSR count). The Balaban J connectivity index is 1.44. The molecule has 1 aliphatic rings. The number of carbonyl (C=O) groups is 1. The Morgan fingerprint density at radius 2 is 1.82 bits per heavy atom. The fraction of sp³-hybridized carbons (Fsp3) is 0.300. The smallest absolute Gasteiger partial charge is 0.266 e. The van der Waals surface area contributed by atoms with E-state index in [4.69, 9.17) is 0 Å². The molecule has 1 amide bonds. The quantitative estimate of drug-likeness (QED) is 0.693. The molecule has 28 heavy (non-hydrogen) atoms. The van der Waals surface area contributed by atoms with Crippen molar-refractivity contribution in [2.45, 2.75) is 20.4 Å². The van der Waals surface area contributed by atoms with Crippen LogP contribution in [0.2, 0.25) is 0 Å². The van der Waals surface area contributed by atoms with Crippen LogP contribution in [0.1, 0.15) is 21.7 Å². The second kappa shape index (κ2) is 7.03. The fourth-order valence-electron chi connectivity index (χ4n) is 3.41. The molecular formula is C20H20FN5O2. The maximum atomic E-state index is 13.0. The minimum atomic E-state index is -0.369. The second-order valence-corrected chi connectivity index (χ2v) is 7.13. The van der Waals surface area contributed by atoms with Crippen LogP contribution in [0.5, 0.6) is 0 Å². The maximum absolute atomic E-state index is 13.0. The predicted octanol–water partition coefficient (Wildman–Crippen LogP) is 1.96. The van der Waals surface area contributed by atoms with E-state index in [-0.39, 0.29) is 23.2 Å². The minimum Gasteiger partial charge on any atom is -0.338 e. The monoisotopic (exact) mass is 381 g/mol. The standard InChI is InChI=1S/C20H20FN5O2/c1-13-9-14(2)26(22-13)18-7-8-19(27)25(23-18)12-15-10-24(11-15)20(28)16-3-5-17(21)6-4-16/h3-9,15H,10-12H2,1-2H3. The van der Waals surface area contributed by atoms with Crippen LogP contribution >= 0.6 is 0 Å². The summed E-state index contributed by atoms with van der Waals surface area (Å²) in [6, 6.07) is 10.6. The van der Waals surface area contributed by atoms with Gasteiger partial charge in [0.2, 0.25) is 0 Å². The lowest BCUT2D eigenvalue weighted by Crippen LogP contribution is -2.52. The van der Waals surface area contributed by atoms with Crippen molar-refractivity contribution in [2.75, 3.05) is 13.1 Å². The molecule has 3 aromatic rings. The first kappa shape index (κ1) is 18.1. The Morgan fingerprint density at radius 1 is 1.11 bits per heavy atom. The van der Waals surface area contributed by atoms with Crippen molar-refractivity contribution in [3.63, 3.8) is 0 Å². The van der Waals surface area contributed by atoms with Crippen molar-refractivity contribution in [1.29, 1.82) is 0 Å². The summed E-state index contributed by atoms with van der Waals surface area (Å²) >= 11 is 0. The van der Waals surface area contributed by atoms with Crippen molar-refractivity contribution in [1.82, 2.24) is 24.5 Å². The highest BCUT2D eigenvalue weighted by atomic mass is 19.1. The molecule has 144 valence electrons. The molecule has 0 N–H and O–H groups in total. The Bertz CT molecular complexity index is 1080. The third-order valence-electron chi connectivity index (χ3n) is 4.85. The van der Waals surface area contributed by atoms with Crippen molar-refractivity contribution in [3.05, 3.63) is 75.6 Å². The number of aryl methyl sites for hydroxylation is 2. The van der Waals surface area contributed by atoms with E-state index < -0.39 is 0 Å². The van der Waals surface area contributed by atoms with Crippen molar-refractivity contribution >= 4 is 5.91 Å². The Labute approximate surface area is 161 Å². The van der Waals surface area contributed by atoms with Gasteiger partial charge in [0.15, 0.2) is 5.82 Å². The zero-order valence-corrected chi connectivity index (χ0v) is 15.7. The number of rotatable bonds is 4. The van der Waals surface area contributed by atoms with Gasteiger partial charge >= 0.3 is 0 Å². The number of aromatic nitrogens is 4. The number of hydrogen-bond donors (Lipinski definition) is 0. The third-order valence-corrected chi connectivity index (χ3v) is 4.85. The van der Waals surface area contributed by atoms with Crippen LogP contribution in [-0.4, -0.2) is 43.5 Å². The van der Waals surface area contributed by atoms with Gasteiger partial charge in [-0.15, -0.1) is 5.10 Å². The van der Waals surface area contributed by atoms with Crippen LogP contribution in [0, 0.1) is 25.6 Å².